The molecule has 0 bridgehead atoms. The Bertz CT molecular complexity index is 314. The van der Waals surface area contributed by atoms with Crippen molar-refractivity contribution >= 4 is 22.0 Å². The first-order valence-corrected chi connectivity index (χ1v) is 5.60. The molecule has 1 amide bonds. The van der Waals surface area contributed by atoms with Crippen LogP contribution < -0.4 is 0 Å². The van der Waals surface area contributed by atoms with Gasteiger partial charge in [-0.3, -0.25) is 4.90 Å². The Morgan fingerprint density at radius 1 is 1.47 bits per heavy atom. The van der Waals surface area contributed by atoms with Gasteiger partial charge in [-0.15, -0.1) is 0 Å². The lowest BCUT2D eigenvalue weighted by Gasteiger charge is -2.19. The summed E-state index contributed by atoms with van der Waals surface area (Å²) >= 11 is 3.29. The van der Waals surface area contributed by atoms with Crippen molar-refractivity contribution in [1.82, 2.24) is 4.90 Å². The largest absolute Gasteiger partial charge is 0.445 e. The molecule has 4 heteroatoms. The number of hydrogen-bond donors (Lipinski definition) is 0. The van der Waals surface area contributed by atoms with Gasteiger partial charge in [0.05, 0.1) is 4.95 Å². The molecule has 1 unspecified atom stereocenters. The topological polar surface area (TPSA) is 29.5 Å². The van der Waals surface area contributed by atoms with Crippen LogP contribution in [-0.4, -0.2) is 23.0 Å². The number of halogens is 1. The van der Waals surface area contributed by atoms with Gasteiger partial charge >= 0.3 is 6.09 Å². The van der Waals surface area contributed by atoms with Crippen molar-refractivity contribution in [2.75, 3.05) is 7.05 Å². The number of alkyl halides is 1. The van der Waals surface area contributed by atoms with E-state index in [1.54, 1.807) is 7.05 Å². The number of amides is 1. The third-order valence-electron chi connectivity index (χ3n) is 2.03. The maximum absolute atomic E-state index is 11.4. The standard InChI is InChI=1S/C11H14BrNO2/c1-9(12)13(2)11(14)15-8-10-6-4-3-5-7-10/h3-7,9H,8H2,1-2H3. The van der Waals surface area contributed by atoms with E-state index in [1.165, 1.54) is 4.90 Å². The Morgan fingerprint density at radius 3 is 2.60 bits per heavy atom. The molecule has 1 aromatic carbocycles. The molecule has 0 heterocycles. The van der Waals surface area contributed by atoms with Crippen LogP contribution in [0.1, 0.15) is 12.5 Å². The summed E-state index contributed by atoms with van der Waals surface area (Å²) in [5.74, 6) is 0. The van der Waals surface area contributed by atoms with Crippen LogP contribution in [-0.2, 0) is 11.3 Å². The molecule has 0 fully saturated rings. The van der Waals surface area contributed by atoms with Crippen molar-refractivity contribution in [3.05, 3.63) is 35.9 Å². The highest BCUT2D eigenvalue weighted by Crippen LogP contribution is 2.07. The molecule has 82 valence electrons. The van der Waals surface area contributed by atoms with Crippen LogP contribution in [0.5, 0.6) is 0 Å². The van der Waals surface area contributed by atoms with Crippen LogP contribution in [0.15, 0.2) is 30.3 Å². The molecule has 1 aromatic rings. The van der Waals surface area contributed by atoms with E-state index in [2.05, 4.69) is 15.9 Å². The van der Waals surface area contributed by atoms with Crippen LogP contribution >= 0.6 is 15.9 Å². The molecule has 0 N–H and O–H groups in total. The van der Waals surface area contributed by atoms with Crippen molar-refractivity contribution in [2.24, 2.45) is 0 Å². The molecular weight excluding hydrogens is 258 g/mol. The molecule has 3 nitrogen and oxygen atoms in total. The van der Waals surface area contributed by atoms with Gasteiger partial charge in [0.25, 0.3) is 0 Å². The molecule has 1 atom stereocenters. The van der Waals surface area contributed by atoms with Crippen LogP contribution in [0.2, 0.25) is 0 Å². The number of ether oxygens (including phenoxy) is 1. The molecule has 0 radical (unpaired) electrons. The summed E-state index contributed by atoms with van der Waals surface area (Å²) in [6.45, 7) is 2.17. The Hall–Kier alpha value is -1.03. The van der Waals surface area contributed by atoms with Gasteiger partial charge in [-0.05, 0) is 12.5 Å². The molecule has 0 saturated heterocycles. The first-order chi connectivity index (χ1) is 7.11. The number of carbonyl (C=O) groups excluding carboxylic acids is 1. The van der Waals surface area contributed by atoms with Crippen molar-refractivity contribution < 1.29 is 9.53 Å². The van der Waals surface area contributed by atoms with Gasteiger partial charge in [0.1, 0.15) is 6.61 Å². The highest BCUT2D eigenvalue weighted by Gasteiger charge is 2.13. The Labute approximate surface area is 98.2 Å². The van der Waals surface area contributed by atoms with Gasteiger partial charge in [-0.1, -0.05) is 46.3 Å². The van der Waals surface area contributed by atoms with Crippen LogP contribution in [0.4, 0.5) is 4.79 Å². The molecule has 15 heavy (non-hydrogen) atoms. The van der Waals surface area contributed by atoms with Crippen LogP contribution in [0, 0.1) is 0 Å². The van der Waals surface area contributed by atoms with Gasteiger partial charge in [0, 0.05) is 7.05 Å². The Kier molecular flexibility index (Phi) is 4.62. The summed E-state index contributed by atoms with van der Waals surface area (Å²) in [6.07, 6.45) is -0.330. The maximum Gasteiger partial charge on any atom is 0.410 e. The summed E-state index contributed by atoms with van der Waals surface area (Å²) in [7, 11) is 1.69. The fourth-order valence-corrected chi connectivity index (χ4v) is 1.13. The smallest absolute Gasteiger partial charge is 0.410 e. The summed E-state index contributed by atoms with van der Waals surface area (Å²) in [4.78, 5) is 12.9. The predicted molar refractivity (Wildman–Crippen MR) is 62.8 cm³/mol. The van der Waals surface area contributed by atoms with Gasteiger partial charge in [0.2, 0.25) is 0 Å². The van der Waals surface area contributed by atoms with E-state index in [0.29, 0.717) is 6.61 Å². The lowest BCUT2D eigenvalue weighted by Crippen LogP contribution is -2.31. The summed E-state index contributed by atoms with van der Waals surface area (Å²) in [5, 5.41) is 0. The van der Waals surface area contributed by atoms with E-state index in [0.717, 1.165) is 5.56 Å². The average molecular weight is 272 g/mol. The number of carbonyl (C=O) groups is 1. The van der Waals surface area contributed by atoms with E-state index in [4.69, 9.17) is 4.74 Å². The first kappa shape index (κ1) is 12.0. The normalized spacial score (nSPS) is 11.9. The average Bonchev–Trinajstić information content (AvgIpc) is 2.26. The van der Waals surface area contributed by atoms with Gasteiger partial charge < -0.3 is 4.74 Å². The molecule has 0 spiro atoms. The fraction of sp³-hybridized carbons (Fsp3) is 0.364. The summed E-state index contributed by atoms with van der Waals surface area (Å²) < 4.78 is 5.11. The van der Waals surface area contributed by atoms with Gasteiger partial charge in [-0.25, -0.2) is 4.79 Å². The minimum absolute atomic E-state index is 0.0271. The molecule has 0 aliphatic rings. The lowest BCUT2D eigenvalue weighted by atomic mass is 10.2. The number of benzene rings is 1. The van der Waals surface area contributed by atoms with Gasteiger partial charge in [-0.2, -0.15) is 0 Å². The first-order valence-electron chi connectivity index (χ1n) is 4.69. The molecule has 0 aromatic heterocycles. The zero-order chi connectivity index (χ0) is 11.3. The Morgan fingerprint density at radius 2 is 2.07 bits per heavy atom. The van der Waals surface area contributed by atoms with Crippen LogP contribution in [0.25, 0.3) is 0 Å². The highest BCUT2D eigenvalue weighted by atomic mass is 79.9. The minimum atomic E-state index is -0.330. The second-order valence-electron chi connectivity index (χ2n) is 3.23. The zero-order valence-electron chi connectivity index (χ0n) is 8.81. The SMILES string of the molecule is CC(Br)N(C)C(=O)OCc1ccccc1. The minimum Gasteiger partial charge on any atom is -0.445 e. The van der Waals surface area contributed by atoms with E-state index >= 15 is 0 Å². The van der Waals surface area contributed by atoms with Crippen molar-refractivity contribution in [2.45, 2.75) is 18.5 Å². The molecule has 1 rings (SSSR count). The van der Waals surface area contributed by atoms with E-state index < -0.39 is 0 Å². The van der Waals surface area contributed by atoms with Crippen molar-refractivity contribution in [3.8, 4) is 0 Å². The van der Waals surface area contributed by atoms with Crippen molar-refractivity contribution in [3.63, 3.8) is 0 Å². The quantitative estimate of drug-likeness (QED) is 0.625. The van der Waals surface area contributed by atoms with E-state index in [9.17, 15) is 4.79 Å². The fourth-order valence-electron chi connectivity index (χ4n) is 0.966. The monoisotopic (exact) mass is 271 g/mol. The second kappa shape index (κ2) is 5.75. The van der Waals surface area contributed by atoms with Crippen molar-refractivity contribution in [1.29, 1.82) is 0 Å². The van der Waals surface area contributed by atoms with E-state index in [1.807, 2.05) is 37.3 Å². The second-order valence-corrected chi connectivity index (χ2v) is 4.55. The lowest BCUT2D eigenvalue weighted by molar-refractivity contribution is 0.104. The number of nitrogens with zero attached hydrogens (tertiary/aromatic N) is 1. The van der Waals surface area contributed by atoms with Crippen LogP contribution in [0.3, 0.4) is 0 Å². The van der Waals surface area contributed by atoms with E-state index in [-0.39, 0.29) is 11.0 Å². The maximum atomic E-state index is 11.4. The van der Waals surface area contributed by atoms with Gasteiger partial charge in [0.15, 0.2) is 0 Å². The summed E-state index contributed by atoms with van der Waals surface area (Å²) in [6, 6.07) is 9.60. The predicted octanol–water partition coefficient (Wildman–Crippen LogP) is 3.00. The molecule has 0 aliphatic carbocycles. The zero-order valence-corrected chi connectivity index (χ0v) is 10.4. The summed E-state index contributed by atoms with van der Waals surface area (Å²) in [5.41, 5.74) is 0.987. The highest BCUT2D eigenvalue weighted by molar-refractivity contribution is 9.09. The third-order valence-corrected chi connectivity index (χ3v) is 2.64. The number of hydrogen-bond acceptors (Lipinski definition) is 2. The molecular formula is C11H14BrNO2. The molecule has 0 aliphatic heterocycles. The molecule has 0 saturated carbocycles. The Balaban J connectivity index is 2.41. The number of rotatable bonds is 3. The third kappa shape index (κ3) is 3.91.